The fraction of sp³-hybridized carbons (Fsp3) is 0.250. The van der Waals surface area contributed by atoms with Crippen molar-refractivity contribution in [2.75, 3.05) is 19.0 Å². The van der Waals surface area contributed by atoms with Crippen LogP contribution in [-0.2, 0) is 6.18 Å². The molecule has 2 heterocycles. The van der Waals surface area contributed by atoms with Gasteiger partial charge < -0.3 is 14.4 Å². The Morgan fingerprint density at radius 2 is 1.82 bits per heavy atom. The number of fused-ring (bicyclic) bond motifs is 1. The van der Waals surface area contributed by atoms with Gasteiger partial charge in [0.1, 0.15) is 17.1 Å². The highest BCUT2D eigenvalue weighted by molar-refractivity contribution is 7.99. The van der Waals surface area contributed by atoms with Gasteiger partial charge in [0.25, 0.3) is 0 Å². The van der Waals surface area contributed by atoms with Crippen LogP contribution in [0.2, 0.25) is 0 Å². The summed E-state index contributed by atoms with van der Waals surface area (Å²) in [4.78, 5) is 19.5. The Labute approximate surface area is 192 Å². The Morgan fingerprint density at radius 3 is 2.42 bits per heavy atom. The first-order valence-electron chi connectivity index (χ1n) is 10.1. The SMILES string of the molecule is Cc1cc(O)c(C2=Nc3cc(C(F)(F)F)ccc3S[C@H](c3ccc(N(C)C)cc3)C2)c(=O)o1. The summed E-state index contributed by atoms with van der Waals surface area (Å²) in [5, 5.41) is 10.2. The minimum atomic E-state index is -4.53. The molecule has 0 saturated carbocycles. The highest BCUT2D eigenvalue weighted by atomic mass is 32.2. The molecule has 172 valence electrons. The number of thioether (sulfide) groups is 1. The van der Waals surface area contributed by atoms with Crippen LogP contribution in [0.3, 0.4) is 0 Å². The van der Waals surface area contributed by atoms with Crippen molar-refractivity contribution in [2.24, 2.45) is 4.99 Å². The second-order valence-corrected chi connectivity index (χ2v) is 9.18. The molecule has 5 nitrogen and oxygen atoms in total. The summed E-state index contributed by atoms with van der Waals surface area (Å²) in [6.07, 6.45) is -4.32. The van der Waals surface area contributed by atoms with Gasteiger partial charge in [-0.1, -0.05) is 12.1 Å². The van der Waals surface area contributed by atoms with Crippen molar-refractivity contribution >= 4 is 28.8 Å². The van der Waals surface area contributed by atoms with E-state index in [-0.39, 0.29) is 40.1 Å². The largest absolute Gasteiger partial charge is 0.507 e. The van der Waals surface area contributed by atoms with Gasteiger partial charge in [0.05, 0.1) is 17.0 Å². The summed E-state index contributed by atoms with van der Waals surface area (Å²) in [6.45, 7) is 1.52. The van der Waals surface area contributed by atoms with Crippen LogP contribution in [0.5, 0.6) is 5.75 Å². The molecule has 1 aliphatic heterocycles. The van der Waals surface area contributed by atoms with Crippen molar-refractivity contribution in [3.8, 4) is 5.75 Å². The summed E-state index contributed by atoms with van der Waals surface area (Å²) < 4.78 is 45.1. The third-order valence-corrected chi connectivity index (χ3v) is 6.64. The standard InChI is InChI=1S/C24H21F3N2O3S/c1-13-10-19(30)22(23(31)32-13)18-12-21(14-4-7-16(8-5-14)29(2)3)33-20-9-6-15(24(25,26)27)11-17(20)28-18/h4-11,21,30H,12H2,1-3H3/t21-/m0/s1. The maximum atomic E-state index is 13.3. The van der Waals surface area contributed by atoms with Crippen molar-refractivity contribution in [3.05, 3.63) is 81.4 Å². The van der Waals surface area contributed by atoms with Gasteiger partial charge in [-0.25, -0.2) is 4.79 Å². The predicted octanol–water partition coefficient (Wildman–Crippen LogP) is 6.10. The van der Waals surface area contributed by atoms with Crippen LogP contribution in [0.25, 0.3) is 0 Å². The van der Waals surface area contributed by atoms with E-state index in [1.807, 2.05) is 43.3 Å². The van der Waals surface area contributed by atoms with Crippen molar-refractivity contribution < 1.29 is 22.7 Å². The lowest BCUT2D eigenvalue weighted by molar-refractivity contribution is -0.137. The smallest absolute Gasteiger partial charge is 0.416 e. The zero-order chi connectivity index (χ0) is 23.9. The first-order valence-corrected chi connectivity index (χ1v) is 11.0. The van der Waals surface area contributed by atoms with Crippen LogP contribution < -0.4 is 10.5 Å². The molecule has 0 amide bonds. The van der Waals surface area contributed by atoms with Crippen LogP contribution in [0.15, 0.2) is 67.6 Å². The van der Waals surface area contributed by atoms with Crippen molar-refractivity contribution in [3.63, 3.8) is 0 Å². The maximum Gasteiger partial charge on any atom is 0.416 e. The van der Waals surface area contributed by atoms with E-state index in [0.717, 1.165) is 23.4 Å². The average molecular weight is 475 g/mol. The number of anilines is 1. The normalized spacial score (nSPS) is 16.1. The Hall–Kier alpha value is -3.20. The zero-order valence-corrected chi connectivity index (χ0v) is 18.9. The van der Waals surface area contributed by atoms with Gasteiger partial charge in [0.15, 0.2) is 0 Å². The zero-order valence-electron chi connectivity index (χ0n) is 18.1. The highest BCUT2D eigenvalue weighted by Crippen LogP contribution is 2.47. The van der Waals surface area contributed by atoms with Crippen LogP contribution in [0, 0.1) is 6.92 Å². The molecule has 4 rings (SSSR count). The number of hydrogen-bond acceptors (Lipinski definition) is 6. The van der Waals surface area contributed by atoms with E-state index < -0.39 is 17.4 Å². The molecule has 3 aromatic rings. The van der Waals surface area contributed by atoms with Gasteiger partial charge in [-0.05, 0) is 42.8 Å². The number of aliphatic imine (C=N–C) groups is 1. The predicted molar refractivity (Wildman–Crippen MR) is 123 cm³/mol. The fourth-order valence-corrected chi connectivity index (χ4v) is 4.85. The second-order valence-electron chi connectivity index (χ2n) is 7.94. The molecule has 0 spiro atoms. The van der Waals surface area contributed by atoms with Crippen molar-refractivity contribution in [1.82, 2.24) is 0 Å². The van der Waals surface area contributed by atoms with Gasteiger partial charge in [0.2, 0.25) is 0 Å². The number of benzene rings is 2. The second kappa shape index (κ2) is 8.62. The fourth-order valence-electron chi connectivity index (χ4n) is 3.63. The molecule has 0 aliphatic carbocycles. The number of aryl methyl sites for hydroxylation is 1. The Balaban J connectivity index is 1.87. The molecule has 0 fully saturated rings. The Bertz CT molecular complexity index is 1280. The lowest BCUT2D eigenvalue weighted by atomic mass is 10.0. The van der Waals surface area contributed by atoms with Crippen molar-refractivity contribution in [1.29, 1.82) is 0 Å². The van der Waals surface area contributed by atoms with E-state index in [1.165, 1.54) is 30.8 Å². The molecule has 33 heavy (non-hydrogen) atoms. The first kappa shape index (κ1) is 23.0. The number of halogens is 3. The molecule has 1 aliphatic rings. The average Bonchev–Trinajstić information content (AvgIpc) is 2.91. The van der Waals surface area contributed by atoms with Gasteiger partial charge in [0, 0.05) is 42.4 Å². The van der Waals surface area contributed by atoms with E-state index in [1.54, 1.807) is 0 Å². The Kier molecular flexibility index (Phi) is 6.00. The number of aromatic hydroxyl groups is 1. The van der Waals surface area contributed by atoms with Crippen LogP contribution in [0.1, 0.15) is 34.1 Å². The van der Waals surface area contributed by atoms with E-state index in [0.29, 0.717) is 4.90 Å². The topological polar surface area (TPSA) is 66.0 Å². The molecule has 0 bridgehead atoms. The van der Waals surface area contributed by atoms with Gasteiger partial charge in [-0.15, -0.1) is 11.8 Å². The maximum absolute atomic E-state index is 13.3. The van der Waals surface area contributed by atoms with E-state index in [4.69, 9.17) is 4.42 Å². The summed E-state index contributed by atoms with van der Waals surface area (Å²) in [6, 6.07) is 12.5. The molecule has 2 aromatic carbocycles. The van der Waals surface area contributed by atoms with E-state index in [9.17, 15) is 23.1 Å². The number of hydrogen-bond donors (Lipinski definition) is 1. The van der Waals surface area contributed by atoms with E-state index in [2.05, 4.69) is 4.99 Å². The molecule has 1 atom stereocenters. The molecular formula is C24H21F3N2O3S. The highest BCUT2D eigenvalue weighted by Gasteiger charge is 2.33. The molecule has 0 unspecified atom stereocenters. The number of nitrogens with zero attached hydrogens (tertiary/aromatic N) is 2. The molecule has 9 heteroatoms. The molecular weight excluding hydrogens is 453 g/mol. The molecule has 1 N–H and O–H groups in total. The minimum absolute atomic E-state index is 0.0941. The minimum Gasteiger partial charge on any atom is -0.507 e. The van der Waals surface area contributed by atoms with Crippen LogP contribution in [0.4, 0.5) is 24.5 Å². The lowest BCUT2D eigenvalue weighted by Crippen LogP contribution is -2.17. The summed E-state index contributed by atoms with van der Waals surface area (Å²) in [5.41, 5.74) is 0.430. The molecule has 1 aromatic heterocycles. The first-order chi connectivity index (χ1) is 15.5. The van der Waals surface area contributed by atoms with Crippen molar-refractivity contribution in [2.45, 2.75) is 29.7 Å². The number of alkyl halides is 3. The van der Waals surface area contributed by atoms with Crippen LogP contribution >= 0.6 is 11.8 Å². The summed E-state index contributed by atoms with van der Waals surface area (Å²) in [5.74, 6) is -0.0925. The van der Waals surface area contributed by atoms with Gasteiger partial charge >= 0.3 is 11.8 Å². The quantitative estimate of drug-likeness (QED) is 0.497. The van der Waals surface area contributed by atoms with Gasteiger partial charge in [-0.3, -0.25) is 4.99 Å². The Morgan fingerprint density at radius 1 is 1.12 bits per heavy atom. The molecule has 0 saturated heterocycles. The van der Waals surface area contributed by atoms with E-state index >= 15 is 0 Å². The third kappa shape index (κ3) is 4.78. The third-order valence-electron chi connectivity index (χ3n) is 5.31. The van der Waals surface area contributed by atoms with Gasteiger partial charge in [-0.2, -0.15) is 13.2 Å². The molecule has 0 radical (unpaired) electrons. The monoisotopic (exact) mass is 474 g/mol. The summed E-state index contributed by atoms with van der Waals surface area (Å²) in [7, 11) is 3.85. The van der Waals surface area contributed by atoms with Crippen LogP contribution in [-0.4, -0.2) is 24.9 Å². The lowest BCUT2D eigenvalue weighted by Gasteiger charge is -2.18. The number of rotatable bonds is 3. The summed E-state index contributed by atoms with van der Waals surface area (Å²) >= 11 is 1.37.